The molecule has 1 aromatic carbocycles. The molecule has 0 spiro atoms. The molecule has 0 fully saturated rings. The van der Waals surface area contributed by atoms with Crippen molar-refractivity contribution < 1.29 is 19.4 Å². The van der Waals surface area contributed by atoms with Crippen LogP contribution in [0.15, 0.2) is 18.2 Å². The number of nitrogens with zero attached hydrogens (tertiary/aromatic N) is 2. The van der Waals surface area contributed by atoms with Crippen molar-refractivity contribution in [2.75, 3.05) is 7.05 Å². The summed E-state index contributed by atoms with van der Waals surface area (Å²) in [6.45, 7) is 13.0. The number of ether oxygens (including phenoxy) is 2. The van der Waals surface area contributed by atoms with Crippen molar-refractivity contribution in [1.82, 2.24) is 4.90 Å². The smallest absolute Gasteiger partial charge is 0.324 e. The molecule has 1 N–H and O–H groups in total. The number of carbonyl (C=O) groups excluding carboxylic acids is 1. The Morgan fingerprint density at radius 2 is 1.96 bits per heavy atom. The minimum atomic E-state index is -0.900. The molecule has 2 rings (SSSR count). The molecule has 3 atom stereocenters. The van der Waals surface area contributed by atoms with E-state index in [0.717, 1.165) is 0 Å². The monoisotopic (exact) mass is 388 g/mol. The van der Waals surface area contributed by atoms with Crippen LogP contribution >= 0.6 is 0 Å². The Hall–Kier alpha value is -2.10. The molecule has 0 bridgehead atoms. The van der Waals surface area contributed by atoms with Gasteiger partial charge in [0.05, 0.1) is 17.7 Å². The zero-order valence-electron chi connectivity index (χ0n) is 18.1. The van der Waals surface area contributed by atoms with Gasteiger partial charge in [0.2, 0.25) is 0 Å². The van der Waals surface area contributed by atoms with Crippen molar-refractivity contribution >= 4 is 5.97 Å². The first-order valence-electron chi connectivity index (χ1n) is 9.64. The fourth-order valence-corrected chi connectivity index (χ4v) is 3.72. The zero-order valence-corrected chi connectivity index (χ0v) is 18.1. The van der Waals surface area contributed by atoms with Crippen molar-refractivity contribution in [2.45, 2.75) is 77.9 Å². The maximum absolute atomic E-state index is 13.0. The van der Waals surface area contributed by atoms with Gasteiger partial charge in [-0.3, -0.25) is 9.69 Å². The van der Waals surface area contributed by atoms with E-state index in [2.05, 4.69) is 6.07 Å². The number of rotatable bonds is 4. The molecule has 0 saturated carbocycles. The van der Waals surface area contributed by atoms with E-state index in [9.17, 15) is 15.2 Å². The summed E-state index contributed by atoms with van der Waals surface area (Å²) in [5.41, 5.74) is -0.284. The fourth-order valence-electron chi connectivity index (χ4n) is 3.72. The highest BCUT2D eigenvalue weighted by molar-refractivity contribution is 5.76. The van der Waals surface area contributed by atoms with Gasteiger partial charge in [0, 0.05) is 5.56 Å². The second-order valence-electron chi connectivity index (χ2n) is 9.35. The summed E-state index contributed by atoms with van der Waals surface area (Å²) in [5.74, 6) is 0.234. The number of fused-ring (bicyclic) bond motifs is 1. The van der Waals surface area contributed by atoms with E-state index in [1.165, 1.54) is 0 Å². The van der Waals surface area contributed by atoms with Gasteiger partial charge in [0.25, 0.3) is 0 Å². The molecule has 154 valence electrons. The third-order valence-electron chi connectivity index (χ3n) is 5.00. The molecule has 1 aromatic rings. The van der Waals surface area contributed by atoms with Gasteiger partial charge in [0.15, 0.2) is 0 Å². The third-order valence-corrected chi connectivity index (χ3v) is 5.00. The van der Waals surface area contributed by atoms with Crippen LogP contribution in [0.4, 0.5) is 0 Å². The molecule has 0 saturated heterocycles. The second kappa shape index (κ2) is 7.73. The Bertz CT molecular complexity index is 774. The van der Waals surface area contributed by atoms with Gasteiger partial charge in [-0.1, -0.05) is 13.8 Å². The van der Waals surface area contributed by atoms with E-state index in [1.54, 1.807) is 18.2 Å². The van der Waals surface area contributed by atoms with Crippen LogP contribution in [0, 0.1) is 17.2 Å². The molecular weight excluding hydrogens is 356 g/mol. The van der Waals surface area contributed by atoms with E-state index in [-0.39, 0.29) is 11.9 Å². The first kappa shape index (κ1) is 22.2. The number of hydrogen-bond donors (Lipinski definition) is 1. The Morgan fingerprint density at radius 1 is 1.36 bits per heavy atom. The summed E-state index contributed by atoms with van der Waals surface area (Å²) in [5, 5.41) is 20.4. The van der Waals surface area contributed by atoms with E-state index in [1.807, 2.05) is 60.4 Å². The van der Waals surface area contributed by atoms with E-state index >= 15 is 0 Å². The van der Waals surface area contributed by atoms with Crippen LogP contribution in [-0.2, 0) is 9.53 Å². The number of likely N-dealkylation sites (N-methyl/N-ethyl adjacent to an activating group) is 1. The Balaban J connectivity index is 2.53. The number of esters is 1. The number of carbonyl (C=O) groups is 1. The molecule has 0 aromatic heterocycles. The van der Waals surface area contributed by atoms with Crippen molar-refractivity contribution in [1.29, 1.82) is 5.26 Å². The van der Waals surface area contributed by atoms with Gasteiger partial charge in [-0.15, -0.1) is 0 Å². The summed E-state index contributed by atoms with van der Waals surface area (Å²) in [7, 11) is 1.81. The highest BCUT2D eigenvalue weighted by atomic mass is 16.6. The minimum Gasteiger partial charge on any atom is -0.485 e. The molecule has 6 nitrogen and oxygen atoms in total. The lowest BCUT2D eigenvalue weighted by Crippen LogP contribution is -2.57. The fraction of sp³-hybridized carbons (Fsp3) is 0.636. The van der Waals surface area contributed by atoms with Gasteiger partial charge < -0.3 is 14.6 Å². The number of aliphatic hydroxyl groups is 1. The molecule has 1 aliphatic rings. The lowest BCUT2D eigenvalue weighted by molar-refractivity contribution is -0.168. The number of nitriles is 1. The predicted molar refractivity (Wildman–Crippen MR) is 107 cm³/mol. The third kappa shape index (κ3) is 4.48. The van der Waals surface area contributed by atoms with Crippen LogP contribution in [0.1, 0.15) is 65.6 Å². The molecular formula is C22H32N2O4. The van der Waals surface area contributed by atoms with Gasteiger partial charge in [-0.25, -0.2) is 0 Å². The first-order valence-corrected chi connectivity index (χ1v) is 9.64. The first-order chi connectivity index (χ1) is 12.8. The van der Waals surface area contributed by atoms with Crippen molar-refractivity contribution in [2.24, 2.45) is 5.92 Å². The minimum absolute atomic E-state index is 0.0411. The summed E-state index contributed by atoms with van der Waals surface area (Å²) in [6, 6.07) is 6.21. The van der Waals surface area contributed by atoms with Crippen molar-refractivity contribution in [3.63, 3.8) is 0 Å². The molecule has 1 aliphatic heterocycles. The van der Waals surface area contributed by atoms with E-state index in [0.29, 0.717) is 16.9 Å². The molecule has 0 amide bonds. The average molecular weight is 389 g/mol. The summed E-state index contributed by atoms with van der Waals surface area (Å²) < 4.78 is 11.6. The number of hydrogen-bond acceptors (Lipinski definition) is 6. The van der Waals surface area contributed by atoms with Crippen LogP contribution in [0.3, 0.4) is 0 Å². The topological polar surface area (TPSA) is 82.8 Å². The molecule has 0 aliphatic carbocycles. The average Bonchev–Trinajstić information content (AvgIpc) is 2.53. The summed E-state index contributed by atoms with van der Waals surface area (Å²) >= 11 is 0. The Morgan fingerprint density at radius 3 is 2.46 bits per heavy atom. The van der Waals surface area contributed by atoms with E-state index < -0.39 is 29.4 Å². The highest BCUT2D eigenvalue weighted by Crippen LogP contribution is 2.44. The molecule has 0 unspecified atom stereocenters. The largest absolute Gasteiger partial charge is 0.485 e. The van der Waals surface area contributed by atoms with E-state index in [4.69, 9.17) is 9.47 Å². The number of aliphatic hydroxyl groups excluding tert-OH is 1. The maximum atomic E-state index is 13.0. The lowest BCUT2D eigenvalue weighted by Gasteiger charge is -2.47. The van der Waals surface area contributed by atoms with Gasteiger partial charge in [0.1, 0.15) is 29.1 Å². The molecule has 28 heavy (non-hydrogen) atoms. The molecule has 1 heterocycles. The van der Waals surface area contributed by atoms with Crippen LogP contribution in [0.5, 0.6) is 5.75 Å². The SMILES string of the molecule is CC(C)[C@H](C(=O)OC(C)(C)C)N(C)[C@@H]1c2cc(C#N)ccc2OC(C)(C)[C@H]1O. The summed E-state index contributed by atoms with van der Waals surface area (Å²) in [4.78, 5) is 14.8. The Labute approximate surface area is 168 Å². The van der Waals surface area contributed by atoms with Gasteiger partial charge >= 0.3 is 5.97 Å². The quantitative estimate of drug-likeness (QED) is 0.796. The van der Waals surface area contributed by atoms with Crippen LogP contribution in [0.25, 0.3) is 0 Å². The highest BCUT2D eigenvalue weighted by Gasteiger charge is 2.47. The standard InChI is InChI=1S/C22H32N2O4/c1-13(2)17(20(26)28-21(3,4)5)24(8)18-15-11-14(12-23)9-10-16(15)27-22(6,7)19(18)25/h9-11,13,17-19,25H,1-8H3/t17-,18-,19+/m1/s1. The van der Waals surface area contributed by atoms with Crippen molar-refractivity contribution in [3.8, 4) is 11.8 Å². The zero-order chi connectivity index (χ0) is 21.4. The molecule has 6 heteroatoms. The Kier molecular flexibility index (Phi) is 6.13. The predicted octanol–water partition coefficient (Wildman–Crippen LogP) is 3.43. The van der Waals surface area contributed by atoms with Gasteiger partial charge in [-0.05, 0) is 65.8 Å². The lowest BCUT2D eigenvalue weighted by atomic mass is 9.83. The maximum Gasteiger partial charge on any atom is 0.324 e. The molecule has 0 radical (unpaired) electrons. The van der Waals surface area contributed by atoms with Crippen LogP contribution in [0.2, 0.25) is 0 Å². The van der Waals surface area contributed by atoms with Crippen molar-refractivity contribution in [3.05, 3.63) is 29.3 Å². The number of benzene rings is 1. The van der Waals surface area contributed by atoms with Gasteiger partial charge in [-0.2, -0.15) is 5.26 Å². The van der Waals surface area contributed by atoms with Crippen LogP contribution in [-0.4, -0.2) is 46.4 Å². The van der Waals surface area contributed by atoms with Crippen LogP contribution < -0.4 is 4.74 Å². The second-order valence-corrected chi connectivity index (χ2v) is 9.35. The normalized spacial score (nSPS) is 22.2. The summed E-state index contributed by atoms with van der Waals surface area (Å²) in [6.07, 6.45) is -0.900.